The van der Waals surface area contributed by atoms with E-state index in [4.69, 9.17) is 0 Å². The fraction of sp³-hybridized carbons (Fsp3) is 0.511. The molecule has 0 aromatic heterocycles. The molecule has 1 aliphatic rings. The predicted octanol–water partition coefficient (Wildman–Crippen LogP) is -0.629. The first kappa shape index (κ1) is 54.3. The van der Waals surface area contributed by atoms with Crippen molar-refractivity contribution in [3.63, 3.8) is 0 Å². The number of allylic oxidation sites excluding steroid dienone is 4. The number of hydrogen-bond acceptors (Lipinski definition) is 0. The Bertz CT molecular complexity index is 1790. The van der Waals surface area contributed by atoms with Gasteiger partial charge in [0.15, 0.2) is 0 Å². The monoisotopic (exact) mass is 964 g/mol. The van der Waals surface area contributed by atoms with E-state index in [9.17, 15) is 0 Å². The molecule has 0 nitrogen and oxygen atoms in total. The largest absolute Gasteiger partial charge is 1.00 e. The first-order valence-corrected chi connectivity index (χ1v) is 44.0. The van der Waals surface area contributed by atoms with E-state index in [1.165, 1.54) is 11.1 Å². The number of benzene rings is 3. The van der Waals surface area contributed by atoms with Crippen LogP contribution < -0.4 is 83.9 Å². The fourth-order valence-electron chi connectivity index (χ4n) is 9.90. The maximum atomic E-state index is 2.77. The molecule has 0 fully saturated rings. The van der Waals surface area contributed by atoms with Crippen molar-refractivity contribution >= 4 is 103 Å². The zero-order chi connectivity index (χ0) is 40.9. The summed E-state index contributed by atoms with van der Waals surface area (Å²) in [5.74, 6) is 0. The summed E-state index contributed by atoms with van der Waals surface area (Å²) >= 11 is 2.77. The van der Waals surface area contributed by atoms with Crippen molar-refractivity contribution in [3.05, 3.63) is 76.9 Å². The van der Waals surface area contributed by atoms with Crippen LogP contribution in [0.25, 0.3) is 0 Å². The van der Waals surface area contributed by atoms with Crippen molar-refractivity contribution in [1.82, 2.24) is 0 Å². The third-order valence-electron chi connectivity index (χ3n) is 12.5. The van der Waals surface area contributed by atoms with Gasteiger partial charge in [-0.05, 0) is 0 Å². The van der Waals surface area contributed by atoms with Crippen LogP contribution in [0.5, 0.6) is 0 Å². The SMILES string of the molecule is CC1=C(C)[C]([Ti+3])([Si](c2cccc([Si](C)(C)C)c2[Si](C)(C)C)(c2cccc([Si](C)(C)C)c2[Si](C)(C)C)c2cccc([Si](C)(C)C)c2[Si](C)(C)C)C(C)=C1C.[Cl-].[Cl-].[Cl-]. The van der Waals surface area contributed by atoms with Crippen molar-refractivity contribution in [2.24, 2.45) is 0 Å². The Kier molecular flexibility index (Phi) is 17.0. The van der Waals surface area contributed by atoms with Crippen LogP contribution in [-0.2, 0) is 20.4 Å². The summed E-state index contributed by atoms with van der Waals surface area (Å²) in [5.41, 5.74) is 6.31. The predicted molar refractivity (Wildman–Crippen MR) is 261 cm³/mol. The van der Waals surface area contributed by atoms with Gasteiger partial charge in [-0.1, -0.05) is 0 Å². The van der Waals surface area contributed by atoms with Gasteiger partial charge in [0.05, 0.1) is 0 Å². The Morgan fingerprint density at radius 3 is 0.714 bits per heavy atom. The van der Waals surface area contributed by atoms with Crippen LogP contribution in [0.1, 0.15) is 27.7 Å². The van der Waals surface area contributed by atoms with Crippen LogP contribution in [-0.4, -0.2) is 56.5 Å². The summed E-state index contributed by atoms with van der Waals surface area (Å²) in [7, 11) is -14.0. The van der Waals surface area contributed by atoms with E-state index in [0.29, 0.717) is 0 Å². The van der Waals surface area contributed by atoms with Crippen LogP contribution in [0, 0.1) is 0 Å². The smallest absolute Gasteiger partial charge is 1.00 e. The van der Waals surface area contributed by atoms with Gasteiger partial charge in [0.1, 0.15) is 0 Å². The van der Waals surface area contributed by atoms with Gasteiger partial charge < -0.3 is 37.2 Å². The second kappa shape index (κ2) is 17.5. The minimum atomic E-state index is -3.06. The van der Waals surface area contributed by atoms with E-state index >= 15 is 0 Å². The van der Waals surface area contributed by atoms with Gasteiger partial charge in [-0.2, -0.15) is 0 Å². The number of hydrogen-bond donors (Lipinski definition) is 0. The quantitative estimate of drug-likeness (QED) is 0.188. The minimum absolute atomic E-state index is 0. The molecule has 0 bridgehead atoms. The molecule has 0 N–H and O–H groups in total. The summed E-state index contributed by atoms with van der Waals surface area (Å²) in [6.07, 6.45) is 0. The molecule has 11 heteroatoms. The maximum Gasteiger partial charge on any atom is -1.00 e. The average molecular weight is 967 g/mol. The molecule has 0 atom stereocenters. The van der Waals surface area contributed by atoms with Crippen LogP contribution in [0.15, 0.2) is 76.9 Å². The molecule has 0 spiro atoms. The van der Waals surface area contributed by atoms with E-state index in [-0.39, 0.29) is 40.6 Å². The molecule has 3 aromatic rings. The summed E-state index contributed by atoms with van der Waals surface area (Å²) in [6, 6.07) is 23.5. The summed E-state index contributed by atoms with van der Waals surface area (Å²) in [6.45, 7) is 57.5. The number of halogens is 3. The van der Waals surface area contributed by atoms with E-state index in [2.05, 4.69) is 221 Å². The fourth-order valence-corrected chi connectivity index (χ4v) is 40.5. The summed E-state index contributed by atoms with van der Waals surface area (Å²) in [5, 5.41) is 15.8. The Balaban J connectivity index is 0.00000523. The van der Waals surface area contributed by atoms with Gasteiger partial charge >= 0.3 is 349 Å². The van der Waals surface area contributed by atoms with Crippen molar-refractivity contribution in [2.45, 2.75) is 149 Å². The van der Waals surface area contributed by atoms with Crippen molar-refractivity contribution in [3.8, 4) is 0 Å². The van der Waals surface area contributed by atoms with Crippen molar-refractivity contribution in [1.29, 1.82) is 0 Å². The first-order chi connectivity index (χ1) is 23.7. The van der Waals surface area contributed by atoms with E-state index in [0.717, 1.165) is 0 Å². The molecule has 308 valence electrons. The van der Waals surface area contributed by atoms with Gasteiger partial charge in [-0.25, -0.2) is 0 Å². The molecule has 0 unspecified atom stereocenters. The van der Waals surface area contributed by atoms with E-state index in [1.54, 1.807) is 57.8 Å². The Morgan fingerprint density at radius 1 is 0.339 bits per heavy atom. The molecule has 1 aliphatic carbocycles. The minimum Gasteiger partial charge on any atom is -1.00 e. The van der Waals surface area contributed by atoms with E-state index in [1.807, 2.05) is 0 Å². The topological polar surface area (TPSA) is 0 Å². The van der Waals surface area contributed by atoms with Crippen LogP contribution in [0.4, 0.5) is 0 Å². The summed E-state index contributed by atoms with van der Waals surface area (Å²) < 4.78 is -0.132. The summed E-state index contributed by atoms with van der Waals surface area (Å²) in [4.78, 5) is 0. The molecule has 56 heavy (non-hydrogen) atoms. The third-order valence-corrected chi connectivity index (χ3v) is 34.6. The van der Waals surface area contributed by atoms with Gasteiger partial charge in [-0.3, -0.25) is 0 Å². The number of rotatable bonds is 10. The Labute approximate surface area is 383 Å². The molecular formula is C45H75Cl3Si7Ti. The third kappa shape index (κ3) is 9.21. The average Bonchev–Trinajstić information content (AvgIpc) is 3.14. The second-order valence-electron chi connectivity index (χ2n) is 22.7. The van der Waals surface area contributed by atoms with Gasteiger partial charge in [0, 0.05) is 0 Å². The van der Waals surface area contributed by atoms with Crippen LogP contribution >= 0.6 is 0 Å². The molecular weight excluding hydrogens is 891 g/mol. The molecule has 0 amide bonds. The molecule has 0 radical (unpaired) electrons. The second-order valence-corrected chi connectivity index (χ2v) is 58.6. The first-order valence-electron chi connectivity index (χ1n) is 20.2. The zero-order valence-electron chi connectivity index (χ0n) is 39.3. The Hall–Kier alpha value is 0.242. The van der Waals surface area contributed by atoms with Gasteiger partial charge in [0.2, 0.25) is 0 Å². The normalized spacial score (nSPS) is 15.7. The molecule has 0 saturated heterocycles. The molecule has 0 saturated carbocycles. The maximum absolute atomic E-state index is 3.06. The molecule has 0 aliphatic heterocycles. The van der Waals surface area contributed by atoms with Gasteiger partial charge in [-0.15, -0.1) is 0 Å². The molecule has 0 heterocycles. The standard InChI is InChI=1S/C45H75Si7.3ClH.Ti/c1-32-33(2)35(4)42(34(32)3)52(39-29-23-26-36(46(5,6)7)43(39)49(14,15)16,40-30-24-27-37(47(8,9)10)44(40)50(17,18)19)41-31-25-28-38(48(11,12)13)45(41)51(20,21)22;;;;/h23-31H,1-22H3;3*1H;/q;;;;+3/p-3. The molecule has 4 rings (SSSR count). The van der Waals surface area contributed by atoms with Gasteiger partial charge in [0.25, 0.3) is 0 Å². The van der Waals surface area contributed by atoms with Crippen LogP contribution in [0.2, 0.25) is 121 Å². The van der Waals surface area contributed by atoms with Crippen LogP contribution in [0.3, 0.4) is 0 Å². The van der Waals surface area contributed by atoms with E-state index < -0.39 is 56.5 Å². The zero-order valence-corrected chi connectivity index (χ0v) is 50.2. The van der Waals surface area contributed by atoms with Crippen molar-refractivity contribution in [2.75, 3.05) is 0 Å². The Morgan fingerprint density at radius 2 is 0.536 bits per heavy atom. The molecule has 3 aromatic carbocycles. The van der Waals surface area contributed by atoms with Crippen molar-refractivity contribution < 1.29 is 57.7 Å².